The van der Waals surface area contributed by atoms with Crippen molar-refractivity contribution >= 4 is 53.9 Å². The lowest BCUT2D eigenvalue weighted by Gasteiger charge is -2.32. The highest BCUT2D eigenvalue weighted by molar-refractivity contribution is 14.2. The van der Waals surface area contributed by atoms with Crippen molar-refractivity contribution in [3.8, 4) is 16.9 Å². The van der Waals surface area contributed by atoms with Gasteiger partial charge in [0.15, 0.2) is 5.65 Å². The zero-order valence-electron chi connectivity index (χ0n) is 17.2. The first-order chi connectivity index (χ1) is 14.4. The molecule has 164 valence electrons. The van der Waals surface area contributed by atoms with Gasteiger partial charge in [-0.25, -0.2) is 4.98 Å². The molecule has 31 heavy (non-hydrogen) atoms. The third-order valence-corrected chi connectivity index (χ3v) is 7.34. The first-order valence-corrected chi connectivity index (χ1v) is 12.7. The number of aromatic nitrogens is 2. The maximum Gasteiger partial charge on any atom is 0.573 e. The van der Waals surface area contributed by atoms with E-state index in [1.807, 2.05) is 33.8 Å². The number of alkyl halides is 3. The molecule has 0 atom stereocenters. The van der Waals surface area contributed by atoms with Gasteiger partial charge >= 0.3 is 13.5 Å². The molecule has 1 aromatic carbocycles. The Labute approximate surface area is 194 Å². The number of hydrogen-bond donors (Lipinski definition) is 0. The average Bonchev–Trinajstić information content (AvgIpc) is 3.14. The van der Waals surface area contributed by atoms with Gasteiger partial charge in [-0.3, -0.25) is 3.97 Å². The molecule has 0 saturated carbocycles. The highest BCUT2D eigenvalue weighted by Crippen LogP contribution is 2.40. The summed E-state index contributed by atoms with van der Waals surface area (Å²) in [6.45, 7) is 7.83. The van der Waals surface area contributed by atoms with Gasteiger partial charge in [-0.05, 0) is 39.8 Å². The molecule has 2 aromatic heterocycles. The molecule has 0 bridgehead atoms. The predicted octanol–water partition coefficient (Wildman–Crippen LogP) is 5.75. The molecule has 0 aliphatic carbocycles. The number of pyridine rings is 1. The molecule has 3 aromatic rings. The lowest BCUT2D eigenvalue weighted by molar-refractivity contribution is -0.274. The summed E-state index contributed by atoms with van der Waals surface area (Å²) in [6.07, 6.45) is -1.37. The van der Waals surface area contributed by atoms with Gasteiger partial charge in [-0.2, -0.15) is 0 Å². The van der Waals surface area contributed by atoms with E-state index in [-0.39, 0.29) is 5.75 Å². The Bertz CT molecular complexity index is 1120. The normalized spacial score (nSPS) is 18.0. The summed E-state index contributed by atoms with van der Waals surface area (Å²) in [5.74, 6) is -0.270. The number of hydrogen-bond acceptors (Lipinski definition) is 5. The fourth-order valence-electron chi connectivity index (χ4n) is 3.37. The maximum atomic E-state index is 13.0. The highest BCUT2D eigenvalue weighted by Gasteiger charge is 2.52. The van der Waals surface area contributed by atoms with E-state index in [4.69, 9.17) is 9.31 Å². The highest BCUT2D eigenvalue weighted by atomic mass is 127. The summed E-state index contributed by atoms with van der Waals surface area (Å²) < 4.78 is 57.2. The number of halogens is 4. The smallest absolute Gasteiger partial charge is 0.405 e. The minimum atomic E-state index is -4.79. The number of rotatable bonds is 4. The molecule has 5 nitrogen and oxygen atoms in total. The van der Waals surface area contributed by atoms with E-state index in [1.54, 1.807) is 28.5 Å². The number of ether oxygens (including phenoxy) is 1. The standard InChI is InChI=1S/C20H19BF3IN2O3S/c1-18(2)19(3,4)30-21(29-18)12-9-14-15(11-27(31-25)17(14)26-10-12)13-7-5-6-8-16(13)28-20(22,23)24/h5-11H,1-4H3. The average molecular weight is 562 g/mol. The molecule has 0 N–H and O–H groups in total. The van der Waals surface area contributed by atoms with E-state index < -0.39 is 24.7 Å². The van der Waals surface area contributed by atoms with Gasteiger partial charge in [0.1, 0.15) is 5.75 Å². The van der Waals surface area contributed by atoms with Crippen LogP contribution in [0.2, 0.25) is 0 Å². The molecule has 0 amide bonds. The first kappa shape index (κ1) is 22.7. The lowest BCUT2D eigenvalue weighted by atomic mass is 9.79. The van der Waals surface area contributed by atoms with Crippen LogP contribution in [0.3, 0.4) is 0 Å². The molecule has 11 heteroatoms. The minimum Gasteiger partial charge on any atom is -0.405 e. The van der Waals surface area contributed by atoms with Gasteiger partial charge in [0.25, 0.3) is 0 Å². The van der Waals surface area contributed by atoms with E-state index in [0.29, 0.717) is 27.6 Å². The van der Waals surface area contributed by atoms with Crippen molar-refractivity contribution in [2.45, 2.75) is 45.3 Å². The molecular formula is C20H19BF3IN2O3S. The van der Waals surface area contributed by atoms with Crippen LogP contribution < -0.4 is 10.2 Å². The van der Waals surface area contributed by atoms with Gasteiger partial charge in [0.2, 0.25) is 0 Å². The van der Waals surface area contributed by atoms with E-state index in [9.17, 15) is 13.2 Å². The van der Waals surface area contributed by atoms with Crippen molar-refractivity contribution in [1.82, 2.24) is 8.96 Å². The molecule has 1 aliphatic heterocycles. The zero-order chi connectivity index (χ0) is 22.6. The first-order valence-electron chi connectivity index (χ1n) is 9.43. The van der Waals surface area contributed by atoms with Gasteiger partial charge in [-0.1, -0.05) is 18.2 Å². The maximum absolute atomic E-state index is 13.0. The van der Waals surface area contributed by atoms with Crippen LogP contribution in [0.5, 0.6) is 5.75 Å². The topological polar surface area (TPSA) is 45.5 Å². The van der Waals surface area contributed by atoms with Crippen molar-refractivity contribution in [2.75, 3.05) is 0 Å². The molecular weight excluding hydrogens is 543 g/mol. The second-order valence-electron chi connectivity index (χ2n) is 8.21. The summed E-state index contributed by atoms with van der Waals surface area (Å²) in [6, 6.07) is 7.93. The van der Waals surface area contributed by atoms with Crippen molar-refractivity contribution in [1.29, 1.82) is 0 Å². The number of para-hydroxylation sites is 1. The van der Waals surface area contributed by atoms with Gasteiger partial charge in [0, 0.05) is 64.7 Å². The Morgan fingerprint density at radius 1 is 1.10 bits per heavy atom. The van der Waals surface area contributed by atoms with Crippen LogP contribution in [0.25, 0.3) is 22.2 Å². The van der Waals surface area contributed by atoms with E-state index in [0.717, 1.165) is 0 Å². The fraction of sp³-hybridized carbons (Fsp3) is 0.350. The lowest BCUT2D eigenvalue weighted by Crippen LogP contribution is -2.41. The number of benzene rings is 1. The van der Waals surface area contributed by atoms with Crippen molar-refractivity contribution < 1.29 is 27.2 Å². The second kappa shape index (κ2) is 7.86. The van der Waals surface area contributed by atoms with E-state index in [2.05, 4.69) is 30.9 Å². The van der Waals surface area contributed by atoms with Crippen LogP contribution in [0.15, 0.2) is 42.7 Å². The quantitative estimate of drug-likeness (QED) is 0.300. The number of fused-ring (bicyclic) bond motifs is 1. The van der Waals surface area contributed by atoms with Crippen LogP contribution in [0.4, 0.5) is 13.2 Å². The van der Waals surface area contributed by atoms with Crippen LogP contribution in [0.1, 0.15) is 27.7 Å². The molecule has 1 aliphatic rings. The monoisotopic (exact) mass is 562 g/mol. The minimum absolute atomic E-state index is 0.270. The summed E-state index contributed by atoms with van der Waals surface area (Å²) in [5.41, 5.74) is 1.17. The Morgan fingerprint density at radius 3 is 2.35 bits per heavy atom. The van der Waals surface area contributed by atoms with Gasteiger partial charge in [0.05, 0.1) is 11.2 Å². The summed E-state index contributed by atoms with van der Waals surface area (Å²) in [4.78, 5) is 4.56. The molecule has 4 rings (SSSR count). The summed E-state index contributed by atoms with van der Waals surface area (Å²) in [5, 5.41) is 0.676. The molecule has 1 saturated heterocycles. The van der Waals surface area contributed by atoms with Crippen LogP contribution in [0, 0.1) is 0 Å². The summed E-state index contributed by atoms with van der Waals surface area (Å²) in [7, 11) is 0.737. The molecule has 1 fully saturated rings. The third kappa shape index (κ3) is 4.29. The van der Waals surface area contributed by atoms with E-state index >= 15 is 0 Å². The largest absolute Gasteiger partial charge is 0.573 e. The summed E-state index contributed by atoms with van der Waals surface area (Å²) >= 11 is 2.10. The SMILES string of the molecule is CC1(C)OB(c2cnc3c(c2)c(-c2ccccc2OC(F)(F)F)cn3SI)OC1(C)C. The van der Waals surface area contributed by atoms with Crippen molar-refractivity contribution in [3.63, 3.8) is 0 Å². The van der Waals surface area contributed by atoms with Crippen LogP contribution in [-0.2, 0) is 9.31 Å². The molecule has 0 radical (unpaired) electrons. The predicted molar refractivity (Wildman–Crippen MR) is 125 cm³/mol. The Balaban J connectivity index is 1.84. The van der Waals surface area contributed by atoms with Crippen molar-refractivity contribution in [2.24, 2.45) is 0 Å². The zero-order valence-corrected chi connectivity index (χ0v) is 20.1. The number of nitrogens with zero attached hydrogens (tertiary/aromatic N) is 2. The van der Waals surface area contributed by atoms with E-state index in [1.165, 1.54) is 21.3 Å². The van der Waals surface area contributed by atoms with Crippen LogP contribution in [-0.4, -0.2) is 33.6 Å². The molecule has 0 spiro atoms. The van der Waals surface area contributed by atoms with Crippen LogP contribution >= 0.6 is 30.3 Å². The van der Waals surface area contributed by atoms with Crippen molar-refractivity contribution in [3.05, 3.63) is 42.7 Å². The molecule has 3 heterocycles. The second-order valence-corrected chi connectivity index (χ2v) is 9.92. The Morgan fingerprint density at radius 2 is 1.74 bits per heavy atom. The fourth-order valence-corrected chi connectivity index (χ4v) is 4.63. The Kier molecular flexibility index (Phi) is 5.76. The van der Waals surface area contributed by atoms with Gasteiger partial charge < -0.3 is 14.0 Å². The van der Waals surface area contributed by atoms with Gasteiger partial charge in [-0.15, -0.1) is 13.2 Å². The molecule has 0 unspecified atom stereocenters. The Hall–Kier alpha value is -1.44. The third-order valence-electron chi connectivity index (χ3n) is 5.64.